The Kier molecular flexibility index (Phi) is 6.38. The zero-order valence-electron chi connectivity index (χ0n) is 13.8. The van der Waals surface area contributed by atoms with Gasteiger partial charge in [-0.3, -0.25) is 4.79 Å². The molecule has 1 heterocycles. The number of hydrogen-bond donors (Lipinski definition) is 2. The molecule has 3 rings (SSSR count). The van der Waals surface area contributed by atoms with Gasteiger partial charge in [-0.15, -0.1) is 23.7 Å². The Morgan fingerprint density at radius 2 is 1.92 bits per heavy atom. The minimum absolute atomic E-state index is 0. The molecule has 1 aromatic carbocycles. The Hall–Kier alpha value is -1.43. The monoisotopic (exact) mass is 365 g/mol. The number of rotatable bonds is 4. The van der Waals surface area contributed by atoms with Crippen LogP contribution in [0.25, 0.3) is 11.3 Å². The minimum atomic E-state index is -0.702. The van der Waals surface area contributed by atoms with Crippen molar-refractivity contribution < 1.29 is 4.79 Å². The summed E-state index contributed by atoms with van der Waals surface area (Å²) in [5.41, 5.74) is 7.64. The van der Waals surface area contributed by atoms with Gasteiger partial charge in [-0.25, -0.2) is 4.98 Å². The smallest absolute Gasteiger partial charge is 0.240 e. The summed E-state index contributed by atoms with van der Waals surface area (Å²) in [7, 11) is 0. The van der Waals surface area contributed by atoms with Crippen molar-refractivity contribution in [3.63, 3.8) is 0 Å². The van der Waals surface area contributed by atoms with E-state index in [9.17, 15) is 4.79 Å². The van der Waals surface area contributed by atoms with Gasteiger partial charge in [0.1, 0.15) is 5.01 Å². The Balaban J connectivity index is 0.00000208. The second-order valence-electron chi connectivity index (χ2n) is 6.35. The van der Waals surface area contributed by atoms with Crippen LogP contribution >= 0.6 is 23.7 Å². The molecule has 1 saturated carbocycles. The molecule has 24 heavy (non-hydrogen) atoms. The Morgan fingerprint density at radius 1 is 1.25 bits per heavy atom. The first kappa shape index (κ1) is 18.9. The van der Waals surface area contributed by atoms with Gasteiger partial charge in [0.05, 0.1) is 17.3 Å². The number of halogens is 1. The van der Waals surface area contributed by atoms with Crippen LogP contribution in [0.3, 0.4) is 0 Å². The number of aromatic nitrogens is 1. The summed E-state index contributed by atoms with van der Waals surface area (Å²) in [6, 6.07) is 9.96. The molecule has 0 radical (unpaired) electrons. The third-order valence-electron chi connectivity index (χ3n) is 4.51. The predicted molar refractivity (Wildman–Crippen MR) is 101 cm³/mol. The van der Waals surface area contributed by atoms with E-state index in [4.69, 9.17) is 5.73 Å². The highest BCUT2D eigenvalue weighted by Crippen LogP contribution is 2.28. The highest BCUT2D eigenvalue weighted by atomic mass is 35.5. The molecule has 1 aliphatic rings. The standard InChI is InChI=1S/C18H23N3OS.ClH/c1-13(20-17(22)18(19)10-6-3-7-11-18)16-21-15(12-23-16)14-8-4-2-5-9-14;/h2,4-5,8-9,12-13H,3,6-7,10-11,19H2,1H3,(H,20,22);1H. The molecule has 1 aliphatic carbocycles. The Morgan fingerprint density at radius 3 is 2.58 bits per heavy atom. The molecule has 1 unspecified atom stereocenters. The summed E-state index contributed by atoms with van der Waals surface area (Å²) >= 11 is 1.57. The maximum atomic E-state index is 12.5. The topological polar surface area (TPSA) is 68.0 Å². The lowest BCUT2D eigenvalue weighted by Crippen LogP contribution is -2.55. The lowest BCUT2D eigenvalue weighted by Gasteiger charge is -2.32. The highest BCUT2D eigenvalue weighted by molar-refractivity contribution is 7.10. The predicted octanol–water partition coefficient (Wildman–Crippen LogP) is 4.07. The van der Waals surface area contributed by atoms with Gasteiger partial charge in [0.25, 0.3) is 0 Å². The van der Waals surface area contributed by atoms with Gasteiger partial charge in [-0.1, -0.05) is 49.6 Å². The summed E-state index contributed by atoms with van der Waals surface area (Å²) in [6.45, 7) is 1.97. The zero-order valence-corrected chi connectivity index (χ0v) is 15.5. The van der Waals surface area contributed by atoms with Crippen LogP contribution in [-0.2, 0) is 4.79 Å². The molecule has 3 N–H and O–H groups in total. The molecule has 0 bridgehead atoms. The molecule has 1 amide bonds. The maximum absolute atomic E-state index is 12.5. The molecule has 0 aliphatic heterocycles. The molecule has 1 fully saturated rings. The second-order valence-corrected chi connectivity index (χ2v) is 7.24. The van der Waals surface area contributed by atoms with Gasteiger partial charge in [0.15, 0.2) is 0 Å². The normalized spacial score (nSPS) is 17.6. The van der Waals surface area contributed by atoms with Crippen molar-refractivity contribution in [3.05, 3.63) is 40.7 Å². The molecule has 1 aromatic heterocycles. The number of benzene rings is 1. The fourth-order valence-corrected chi connectivity index (χ4v) is 3.88. The molecule has 0 spiro atoms. The number of nitrogens with one attached hydrogen (secondary N) is 1. The number of carbonyl (C=O) groups is 1. The fourth-order valence-electron chi connectivity index (χ4n) is 3.04. The number of thiazole rings is 1. The van der Waals surface area contributed by atoms with E-state index in [2.05, 4.69) is 10.3 Å². The summed E-state index contributed by atoms with van der Waals surface area (Å²) in [4.78, 5) is 17.2. The van der Waals surface area contributed by atoms with Crippen LogP contribution in [0.1, 0.15) is 50.1 Å². The average molecular weight is 366 g/mol. The van der Waals surface area contributed by atoms with E-state index < -0.39 is 5.54 Å². The summed E-state index contributed by atoms with van der Waals surface area (Å²) in [5.74, 6) is -0.0406. The number of amides is 1. The van der Waals surface area contributed by atoms with E-state index in [0.29, 0.717) is 0 Å². The SMILES string of the molecule is CC(NC(=O)C1(N)CCCCC1)c1nc(-c2ccccc2)cs1.Cl. The largest absolute Gasteiger partial charge is 0.346 e. The molecule has 2 aromatic rings. The van der Waals surface area contributed by atoms with E-state index >= 15 is 0 Å². The lowest BCUT2D eigenvalue weighted by atomic mass is 9.82. The number of carbonyl (C=O) groups excluding carboxylic acids is 1. The van der Waals surface area contributed by atoms with Crippen molar-refractivity contribution in [3.8, 4) is 11.3 Å². The summed E-state index contributed by atoms with van der Waals surface area (Å²) < 4.78 is 0. The molecule has 4 nitrogen and oxygen atoms in total. The van der Waals surface area contributed by atoms with Crippen molar-refractivity contribution in [2.24, 2.45) is 5.73 Å². The van der Waals surface area contributed by atoms with Crippen molar-refractivity contribution in [1.29, 1.82) is 0 Å². The Labute approximate surface area is 153 Å². The third-order valence-corrected chi connectivity index (χ3v) is 5.53. The summed E-state index contributed by atoms with van der Waals surface area (Å²) in [5, 5.41) is 6.00. The average Bonchev–Trinajstić information content (AvgIpc) is 3.06. The van der Waals surface area contributed by atoms with Gasteiger partial charge in [0, 0.05) is 10.9 Å². The van der Waals surface area contributed by atoms with Crippen molar-refractivity contribution in [2.45, 2.75) is 50.6 Å². The molecule has 0 saturated heterocycles. The van der Waals surface area contributed by atoms with E-state index in [1.165, 1.54) is 6.42 Å². The fraction of sp³-hybridized carbons (Fsp3) is 0.444. The van der Waals surface area contributed by atoms with Gasteiger partial charge in [-0.05, 0) is 19.8 Å². The van der Waals surface area contributed by atoms with Crippen molar-refractivity contribution in [1.82, 2.24) is 10.3 Å². The van der Waals surface area contributed by atoms with Crippen LogP contribution in [0.5, 0.6) is 0 Å². The molecule has 1 atom stereocenters. The van der Waals surface area contributed by atoms with E-state index in [0.717, 1.165) is 41.9 Å². The maximum Gasteiger partial charge on any atom is 0.240 e. The quantitative estimate of drug-likeness (QED) is 0.858. The first-order chi connectivity index (χ1) is 11.1. The van der Waals surface area contributed by atoms with Gasteiger partial charge >= 0.3 is 0 Å². The van der Waals surface area contributed by atoms with Crippen LogP contribution in [0.4, 0.5) is 0 Å². The van der Waals surface area contributed by atoms with Crippen LogP contribution < -0.4 is 11.1 Å². The van der Waals surface area contributed by atoms with Gasteiger partial charge in [-0.2, -0.15) is 0 Å². The third kappa shape index (κ3) is 4.15. The van der Waals surface area contributed by atoms with Crippen LogP contribution in [0.2, 0.25) is 0 Å². The molecule has 130 valence electrons. The zero-order chi connectivity index (χ0) is 16.3. The summed E-state index contributed by atoms with van der Waals surface area (Å²) in [6.07, 6.45) is 4.80. The molecular weight excluding hydrogens is 342 g/mol. The first-order valence-corrected chi connectivity index (χ1v) is 9.07. The minimum Gasteiger partial charge on any atom is -0.346 e. The van der Waals surface area contributed by atoms with Gasteiger partial charge < -0.3 is 11.1 Å². The number of nitrogens with two attached hydrogens (primary N) is 1. The second kappa shape index (κ2) is 8.10. The van der Waals surface area contributed by atoms with Crippen LogP contribution in [0, 0.1) is 0 Å². The first-order valence-electron chi connectivity index (χ1n) is 8.19. The van der Waals surface area contributed by atoms with Crippen molar-refractivity contribution >= 4 is 29.7 Å². The molecule has 6 heteroatoms. The van der Waals surface area contributed by atoms with Crippen LogP contribution in [0.15, 0.2) is 35.7 Å². The number of nitrogens with zero attached hydrogens (tertiary/aromatic N) is 1. The van der Waals surface area contributed by atoms with Crippen molar-refractivity contribution in [2.75, 3.05) is 0 Å². The number of hydrogen-bond acceptors (Lipinski definition) is 4. The van der Waals surface area contributed by atoms with E-state index in [1.807, 2.05) is 42.6 Å². The van der Waals surface area contributed by atoms with E-state index in [1.54, 1.807) is 11.3 Å². The Bertz CT molecular complexity index is 668. The van der Waals surface area contributed by atoms with Crippen LogP contribution in [-0.4, -0.2) is 16.4 Å². The lowest BCUT2D eigenvalue weighted by molar-refractivity contribution is -0.128. The van der Waals surface area contributed by atoms with E-state index in [-0.39, 0.29) is 24.4 Å². The molecular formula is C18H24ClN3OS. The highest BCUT2D eigenvalue weighted by Gasteiger charge is 2.36. The van der Waals surface area contributed by atoms with Gasteiger partial charge in [0.2, 0.25) is 5.91 Å².